The van der Waals surface area contributed by atoms with Crippen LogP contribution in [0.25, 0.3) is 0 Å². The van der Waals surface area contributed by atoms with E-state index < -0.39 is 0 Å². The Bertz CT molecular complexity index is 462. The van der Waals surface area contributed by atoms with Crippen molar-refractivity contribution in [2.24, 2.45) is 5.92 Å². The van der Waals surface area contributed by atoms with Gasteiger partial charge in [0.2, 0.25) is 0 Å². The molecule has 2 N–H and O–H groups in total. The Hall–Kier alpha value is -1.51. The molecule has 0 amide bonds. The molecule has 0 saturated heterocycles. The Morgan fingerprint density at radius 1 is 1.26 bits per heavy atom. The smallest absolute Gasteiger partial charge is 0.161 e. The molecule has 19 heavy (non-hydrogen) atoms. The van der Waals surface area contributed by atoms with Crippen LogP contribution >= 0.6 is 0 Å². The van der Waals surface area contributed by atoms with Crippen LogP contribution in [0.5, 0.6) is 0 Å². The minimum absolute atomic E-state index is 0.0261. The molecule has 3 nitrogen and oxygen atoms in total. The second kappa shape index (κ2) is 5.64. The maximum Gasteiger partial charge on any atom is 0.161 e. The summed E-state index contributed by atoms with van der Waals surface area (Å²) in [5, 5.41) is 0. The number of rotatable bonds is 3. The monoisotopic (exact) mass is 260 g/mol. The maximum absolute atomic E-state index is 11.4. The van der Waals surface area contributed by atoms with Crippen molar-refractivity contribution >= 4 is 17.2 Å². The lowest BCUT2D eigenvalue weighted by Gasteiger charge is -2.35. The zero-order valence-electron chi connectivity index (χ0n) is 12.1. The highest BCUT2D eigenvalue weighted by Gasteiger charge is 2.22. The molecule has 0 heterocycles. The van der Waals surface area contributed by atoms with Gasteiger partial charge in [0.05, 0.1) is 0 Å². The molecule has 0 aliphatic heterocycles. The third-order valence-corrected chi connectivity index (χ3v) is 4.35. The van der Waals surface area contributed by atoms with E-state index in [2.05, 4.69) is 18.9 Å². The summed E-state index contributed by atoms with van der Waals surface area (Å²) >= 11 is 0. The van der Waals surface area contributed by atoms with Crippen molar-refractivity contribution < 1.29 is 4.79 Å². The summed E-state index contributed by atoms with van der Waals surface area (Å²) in [6, 6.07) is 6.37. The fourth-order valence-corrected chi connectivity index (χ4v) is 2.93. The van der Waals surface area contributed by atoms with Crippen molar-refractivity contribution in [3.63, 3.8) is 0 Å². The van der Waals surface area contributed by atoms with Crippen LogP contribution in [0.3, 0.4) is 0 Å². The molecule has 1 aromatic carbocycles. The SMILES string of the molecule is CC(=O)c1ccc(N(C)C2CCC(C)CC2)cc1N. The van der Waals surface area contributed by atoms with Crippen LogP contribution in [0.15, 0.2) is 18.2 Å². The Morgan fingerprint density at radius 3 is 2.42 bits per heavy atom. The van der Waals surface area contributed by atoms with Gasteiger partial charge in [-0.3, -0.25) is 4.79 Å². The lowest BCUT2D eigenvalue weighted by atomic mass is 9.86. The number of ketones is 1. The van der Waals surface area contributed by atoms with Crippen molar-refractivity contribution in [2.45, 2.75) is 45.6 Å². The number of carbonyl (C=O) groups is 1. The summed E-state index contributed by atoms with van der Waals surface area (Å²) in [5.41, 5.74) is 8.28. The van der Waals surface area contributed by atoms with E-state index in [-0.39, 0.29) is 5.78 Å². The van der Waals surface area contributed by atoms with Crippen LogP contribution in [-0.4, -0.2) is 18.9 Å². The van der Waals surface area contributed by atoms with Gasteiger partial charge in [-0.2, -0.15) is 0 Å². The van der Waals surface area contributed by atoms with Crippen molar-refractivity contribution in [1.29, 1.82) is 0 Å². The van der Waals surface area contributed by atoms with Crippen molar-refractivity contribution in [3.8, 4) is 0 Å². The summed E-state index contributed by atoms with van der Waals surface area (Å²) in [7, 11) is 2.13. The zero-order valence-corrected chi connectivity index (χ0v) is 12.1. The minimum Gasteiger partial charge on any atom is -0.398 e. The van der Waals surface area contributed by atoms with Crippen LogP contribution in [0.1, 0.15) is 49.9 Å². The fraction of sp³-hybridized carbons (Fsp3) is 0.562. The molecular weight excluding hydrogens is 236 g/mol. The molecule has 1 saturated carbocycles. The largest absolute Gasteiger partial charge is 0.398 e. The van der Waals surface area contributed by atoms with Gasteiger partial charge in [-0.15, -0.1) is 0 Å². The summed E-state index contributed by atoms with van der Waals surface area (Å²) < 4.78 is 0. The Kier molecular flexibility index (Phi) is 4.13. The molecular formula is C16H24N2O. The number of nitrogen functional groups attached to an aromatic ring is 1. The second-order valence-electron chi connectivity index (χ2n) is 5.85. The van der Waals surface area contributed by atoms with Crippen LogP contribution in [0, 0.1) is 5.92 Å². The predicted octanol–water partition coefficient (Wildman–Crippen LogP) is 3.49. The number of hydrogen-bond donors (Lipinski definition) is 1. The highest BCUT2D eigenvalue weighted by atomic mass is 16.1. The van der Waals surface area contributed by atoms with Gasteiger partial charge >= 0.3 is 0 Å². The van der Waals surface area contributed by atoms with E-state index in [4.69, 9.17) is 5.73 Å². The molecule has 104 valence electrons. The van der Waals surface area contributed by atoms with Crippen molar-refractivity contribution in [1.82, 2.24) is 0 Å². The molecule has 1 aromatic rings. The van der Waals surface area contributed by atoms with Crippen molar-refractivity contribution in [2.75, 3.05) is 17.7 Å². The molecule has 2 rings (SSSR count). The highest BCUT2D eigenvalue weighted by Crippen LogP contribution is 2.30. The molecule has 1 aliphatic rings. The third-order valence-electron chi connectivity index (χ3n) is 4.35. The number of hydrogen-bond acceptors (Lipinski definition) is 3. The van der Waals surface area contributed by atoms with Gasteiger partial charge in [-0.05, 0) is 56.7 Å². The van der Waals surface area contributed by atoms with E-state index in [0.717, 1.165) is 11.6 Å². The fourth-order valence-electron chi connectivity index (χ4n) is 2.93. The second-order valence-corrected chi connectivity index (χ2v) is 5.85. The molecule has 0 aromatic heterocycles. The predicted molar refractivity (Wildman–Crippen MR) is 80.7 cm³/mol. The first-order valence-corrected chi connectivity index (χ1v) is 7.12. The van der Waals surface area contributed by atoms with E-state index in [0.29, 0.717) is 17.3 Å². The molecule has 3 heteroatoms. The number of carbonyl (C=O) groups excluding carboxylic acids is 1. The van der Waals surface area contributed by atoms with E-state index in [1.807, 2.05) is 18.2 Å². The summed E-state index contributed by atoms with van der Waals surface area (Å²) in [6.45, 7) is 3.88. The number of anilines is 2. The van der Waals surface area contributed by atoms with Gasteiger partial charge in [0.25, 0.3) is 0 Å². The molecule has 0 atom stereocenters. The van der Waals surface area contributed by atoms with Gasteiger partial charge in [-0.1, -0.05) is 6.92 Å². The van der Waals surface area contributed by atoms with E-state index in [1.54, 1.807) is 6.92 Å². The normalized spacial score (nSPS) is 23.1. The number of benzene rings is 1. The quantitative estimate of drug-likeness (QED) is 0.668. The van der Waals surface area contributed by atoms with E-state index in [9.17, 15) is 4.79 Å². The minimum atomic E-state index is 0.0261. The summed E-state index contributed by atoms with van der Waals surface area (Å²) in [4.78, 5) is 13.7. The van der Waals surface area contributed by atoms with Gasteiger partial charge in [0, 0.05) is 30.0 Å². The maximum atomic E-state index is 11.4. The van der Waals surface area contributed by atoms with Gasteiger partial charge < -0.3 is 10.6 Å². The third kappa shape index (κ3) is 3.09. The van der Waals surface area contributed by atoms with Crippen LogP contribution in [0.4, 0.5) is 11.4 Å². The summed E-state index contributed by atoms with van der Waals surface area (Å²) in [5.74, 6) is 0.882. The van der Waals surface area contributed by atoms with Gasteiger partial charge in [-0.25, -0.2) is 0 Å². The van der Waals surface area contributed by atoms with Crippen molar-refractivity contribution in [3.05, 3.63) is 23.8 Å². The van der Waals surface area contributed by atoms with Crippen LogP contribution in [0.2, 0.25) is 0 Å². The molecule has 0 unspecified atom stereocenters. The highest BCUT2D eigenvalue weighted by molar-refractivity contribution is 5.99. The lowest BCUT2D eigenvalue weighted by molar-refractivity contribution is 0.101. The molecule has 1 fully saturated rings. The first kappa shape index (κ1) is 13.9. The lowest BCUT2D eigenvalue weighted by Crippen LogP contribution is -2.34. The number of nitrogens with zero attached hydrogens (tertiary/aromatic N) is 1. The topological polar surface area (TPSA) is 46.3 Å². The zero-order chi connectivity index (χ0) is 14.0. The molecule has 0 bridgehead atoms. The molecule has 1 aliphatic carbocycles. The number of Topliss-reactive ketones (excluding diaryl/α,β-unsaturated/α-hetero) is 1. The van der Waals surface area contributed by atoms with E-state index in [1.165, 1.54) is 25.7 Å². The summed E-state index contributed by atoms with van der Waals surface area (Å²) in [6.07, 6.45) is 5.09. The Morgan fingerprint density at radius 2 is 1.89 bits per heavy atom. The van der Waals surface area contributed by atoms with Gasteiger partial charge in [0.15, 0.2) is 5.78 Å². The van der Waals surface area contributed by atoms with E-state index >= 15 is 0 Å². The average Bonchev–Trinajstić information content (AvgIpc) is 2.38. The average molecular weight is 260 g/mol. The van der Waals surface area contributed by atoms with Gasteiger partial charge in [0.1, 0.15) is 0 Å². The number of nitrogens with two attached hydrogens (primary N) is 1. The van der Waals surface area contributed by atoms with Crippen LogP contribution in [-0.2, 0) is 0 Å². The van der Waals surface area contributed by atoms with Crippen LogP contribution < -0.4 is 10.6 Å². The molecule has 0 spiro atoms. The first-order chi connectivity index (χ1) is 8.99. The Balaban J connectivity index is 2.13. The standard InChI is InChI=1S/C16H24N2O/c1-11-4-6-13(7-5-11)18(3)14-8-9-15(12(2)19)16(17)10-14/h8-11,13H,4-7,17H2,1-3H3. The first-order valence-electron chi connectivity index (χ1n) is 7.12. The molecule has 0 radical (unpaired) electrons. The Labute approximate surface area is 115 Å².